The van der Waals surface area contributed by atoms with E-state index in [1.54, 1.807) is 23.7 Å². The molecule has 5 rings (SSSR count). The molecule has 2 aromatic carbocycles. The summed E-state index contributed by atoms with van der Waals surface area (Å²) in [4.78, 5) is 30.1. The zero-order valence-corrected chi connectivity index (χ0v) is 19.7. The van der Waals surface area contributed by atoms with Crippen molar-refractivity contribution in [3.05, 3.63) is 88.8 Å². The SMILES string of the molecule is Cc1cccc(-c2sc(C)nc2C(=O)N2CCC[C@H]2Cc2cccc(-c3ncccn3)c2)c1. The van der Waals surface area contributed by atoms with E-state index in [0.717, 1.165) is 52.6 Å². The van der Waals surface area contributed by atoms with Crippen LogP contribution in [-0.4, -0.2) is 38.3 Å². The van der Waals surface area contributed by atoms with Crippen molar-refractivity contribution in [1.82, 2.24) is 19.9 Å². The fourth-order valence-corrected chi connectivity index (χ4v) is 5.47. The smallest absolute Gasteiger partial charge is 0.274 e. The quantitative estimate of drug-likeness (QED) is 0.386. The van der Waals surface area contributed by atoms with Crippen LogP contribution in [0.3, 0.4) is 0 Å². The number of hydrogen-bond acceptors (Lipinski definition) is 5. The van der Waals surface area contributed by atoms with Gasteiger partial charge in [-0.3, -0.25) is 4.79 Å². The molecule has 4 aromatic rings. The number of amides is 1. The molecule has 2 aromatic heterocycles. The third-order valence-corrected chi connectivity index (χ3v) is 7.10. The van der Waals surface area contributed by atoms with E-state index in [-0.39, 0.29) is 11.9 Å². The fraction of sp³-hybridized carbons (Fsp3) is 0.259. The number of benzene rings is 2. The highest BCUT2D eigenvalue weighted by Gasteiger charge is 2.32. The van der Waals surface area contributed by atoms with Crippen LogP contribution in [0.25, 0.3) is 21.8 Å². The Kier molecular flexibility index (Phi) is 6.01. The van der Waals surface area contributed by atoms with E-state index in [0.29, 0.717) is 5.69 Å². The largest absolute Gasteiger partial charge is 0.334 e. The molecule has 0 aliphatic carbocycles. The topological polar surface area (TPSA) is 59.0 Å². The van der Waals surface area contributed by atoms with Crippen LogP contribution in [0, 0.1) is 13.8 Å². The third kappa shape index (κ3) is 4.57. The van der Waals surface area contributed by atoms with Crippen molar-refractivity contribution < 1.29 is 4.79 Å². The minimum absolute atomic E-state index is 0.0425. The van der Waals surface area contributed by atoms with Gasteiger partial charge in [0.05, 0.1) is 9.88 Å². The Morgan fingerprint density at radius 2 is 1.82 bits per heavy atom. The first-order chi connectivity index (χ1) is 16.1. The van der Waals surface area contributed by atoms with Crippen LogP contribution in [0.15, 0.2) is 67.0 Å². The number of carbonyl (C=O) groups is 1. The van der Waals surface area contributed by atoms with Gasteiger partial charge in [0.25, 0.3) is 5.91 Å². The van der Waals surface area contributed by atoms with Gasteiger partial charge in [-0.25, -0.2) is 15.0 Å². The van der Waals surface area contributed by atoms with E-state index in [2.05, 4.69) is 52.2 Å². The standard InChI is InChI=1S/C27H26N4OS/c1-18-7-3-9-21(15-18)25-24(30-19(2)33-25)27(32)31-14-5-11-23(31)17-20-8-4-10-22(16-20)26-28-12-6-13-29-26/h3-4,6-10,12-13,15-16,23H,5,11,14,17H2,1-2H3/t23-/m0/s1. The fourth-order valence-electron chi connectivity index (χ4n) is 4.56. The molecule has 0 saturated carbocycles. The molecule has 1 atom stereocenters. The highest BCUT2D eigenvalue weighted by molar-refractivity contribution is 7.15. The number of aromatic nitrogens is 3. The van der Waals surface area contributed by atoms with E-state index in [1.165, 1.54) is 11.1 Å². The Bertz CT molecular complexity index is 1280. The maximum absolute atomic E-state index is 13.7. The van der Waals surface area contributed by atoms with Crippen molar-refractivity contribution in [3.8, 4) is 21.8 Å². The van der Waals surface area contributed by atoms with E-state index < -0.39 is 0 Å². The van der Waals surface area contributed by atoms with Gasteiger partial charge >= 0.3 is 0 Å². The Balaban J connectivity index is 1.40. The van der Waals surface area contributed by atoms with E-state index >= 15 is 0 Å². The van der Waals surface area contributed by atoms with Gasteiger partial charge in [-0.05, 0) is 56.4 Å². The number of likely N-dealkylation sites (tertiary alicyclic amines) is 1. The monoisotopic (exact) mass is 454 g/mol. The molecule has 0 N–H and O–H groups in total. The van der Waals surface area contributed by atoms with Crippen molar-refractivity contribution in [2.45, 2.75) is 39.2 Å². The summed E-state index contributed by atoms with van der Waals surface area (Å²) in [6.45, 7) is 4.82. The summed E-state index contributed by atoms with van der Waals surface area (Å²) >= 11 is 1.60. The number of aryl methyl sites for hydroxylation is 2. The average molecular weight is 455 g/mol. The number of rotatable bonds is 5. The van der Waals surface area contributed by atoms with Gasteiger partial charge in [0.2, 0.25) is 0 Å². The first-order valence-electron chi connectivity index (χ1n) is 11.3. The highest BCUT2D eigenvalue weighted by Crippen LogP contribution is 2.33. The lowest BCUT2D eigenvalue weighted by molar-refractivity contribution is 0.0732. The maximum Gasteiger partial charge on any atom is 0.274 e. The summed E-state index contributed by atoms with van der Waals surface area (Å²) in [5, 5.41) is 0.918. The van der Waals surface area contributed by atoms with Crippen LogP contribution in [0.1, 0.15) is 39.5 Å². The van der Waals surface area contributed by atoms with Crippen molar-refractivity contribution in [2.75, 3.05) is 6.54 Å². The molecule has 1 saturated heterocycles. The molecule has 0 spiro atoms. The zero-order valence-electron chi connectivity index (χ0n) is 18.9. The lowest BCUT2D eigenvalue weighted by Gasteiger charge is -2.25. The van der Waals surface area contributed by atoms with Gasteiger partial charge in [-0.15, -0.1) is 11.3 Å². The minimum Gasteiger partial charge on any atom is -0.334 e. The van der Waals surface area contributed by atoms with Gasteiger partial charge in [0, 0.05) is 30.5 Å². The predicted octanol–water partition coefficient (Wildman–Crippen LogP) is 5.73. The second kappa shape index (κ2) is 9.24. The molecule has 6 heteroatoms. The Labute approximate surface area is 198 Å². The third-order valence-electron chi connectivity index (χ3n) is 6.08. The molecule has 3 heterocycles. The van der Waals surface area contributed by atoms with E-state index in [9.17, 15) is 4.79 Å². The Morgan fingerprint density at radius 1 is 1.03 bits per heavy atom. The summed E-state index contributed by atoms with van der Waals surface area (Å²) in [5.74, 6) is 0.764. The van der Waals surface area contributed by atoms with Crippen molar-refractivity contribution in [3.63, 3.8) is 0 Å². The van der Waals surface area contributed by atoms with Crippen LogP contribution in [0.2, 0.25) is 0 Å². The summed E-state index contributed by atoms with van der Waals surface area (Å²) in [5.41, 5.74) is 5.02. The molecule has 166 valence electrons. The molecular weight excluding hydrogens is 428 g/mol. The van der Waals surface area contributed by atoms with Gasteiger partial charge in [-0.1, -0.05) is 48.0 Å². The number of thiazole rings is 1. The van der Waals surface area contributed by atoms with Crippen molar-refractivity contribution in [2.24, 2.45) is 0 Å². The molecule has 1 amide bonds. The summed E-state index contributed by atoms with van der Waals surface area (Å²) < 4.78 is 0. The molecule has 0 bridgehead atoms. The number of hydrogen-bond donors (Lipinski definition) is 0. The molecule has 0 radical (unpaired) electrons. The van der Waals surface area contributed by atoms with E-state index in [1.807, 2.05) is 36.1 Å². The second-order valence-electron chi connectivity index (χ2n) is 8.55. The first-order valence-corrected chi connectivity index (χ1v) is 12.1. The van der Waals surface area contributed by atoms with Crippen LogP contribution >= 0.6 is 11.3 Å². The average Bonchev–Trinajstić information content (AvgIpc) is 3.46. The van der Waals surface area contributed by atoms with Gasteiger partial charge in [-0.2, -0.15) is 0 Å². The molecule has 1 aliphatic rings. The zero-order chi connectivity index (χ0) is 22.8. The maximum atomic E-state index is 13.7. The van der Waals surface area contributed by atoms with Crippen LogP contribution < -0.4 is 0 Å². The van der Waals surface area contributed by atoms with Crippen LogP contribution in [0.4, 0.5) is 0 Å². The summed E-state index contributed by atoms with van der Waals surface area (Å²) in [6.07, 6.45) is 6.35. The Morgan fingerprint density at radius 3 is 2.64 bits per heavy atom. The lowest BCUT2D eigenvalue weighted by Crippen LogP contribution is -2.37. The number of carbonyl (C=O) groups excluding carboxylic acids is 1. The van der Waals surface area contributed by atoms with Gasteiger partial charge in [0.15, 0.2) is 5.82 Å². The summed E-state index contributed by atoms with van der Waals surface area (Å²) in [7, 11) is 0. The second-order valence-corrected chi connectivity index (χ2v) is 9.75. The molecule has 33 heavy (non-hydrogen) atoms. The van der Waals surface area contributed by atoms with Crippen molar-refractivity contribution in [1.29, 1.82) is 0 Å². The van der Waals surface area contributed by atoms with E-state index in [4.69, 9.17) is 0 Å². The lowest BCUT2D eigenvalue weighted by atomic mass is 10.0. The van der Waals surface area contributed by atoms with Crippen LogP contribution in [-0.2, 0) is 6.42 Å². The van der Waals surface area contributed by atoms with Crippen molar-refractivity contribution >= 4 is 17.2 Å². The molecule has 1 aliphatic heterocycles. The normalized spacial score (nSPS) is 15.7. The van der Waals surface area contributed by atoms with Crippen LogP contribution in [0.5, 0.6) is 0 Å². The predicted molar refractivity (Wildman–Crippen MR) is 132 cm³/mol. The van der Waals surface area contributed by atoms with Gasteiger partial charge < -0.3 is 4.90 Å². The molecule has 5 nitrogen and oxygen atoms in total. The van der Waals surface area contributed by atoms with Gasteiger partial charge in [0.1, 0.15) is 5.69 Å². The molecule has 1 fully saturated rings. The molecule has 0 unspecified atom stereocenters. The first kappa shape index (κ1) is 21.5. The highest BCUT2D eigenvalue weighted by atomic mass is 32.1. The summed E-state index contributed by atoms with van der Waals surface area (Å²) in [6, 6.07) is 18.6. The number of nitrogens with zero attached hydrogens (tertiary/aromatic N) is 4. The molecular formula is C27H26N4OS. The minimum atomic E-state index is 0.0425. The Hall–Kier alpha value is -3.38.